The summed E-state index contributed by atoms with van der Waals surface area (Å²) in [5.74, 6) is 1.46. The highest BCUT2D eigenvalue weighted by Gasteiger charge is 2.16. The number of amides is 1. The summed E-state index contributed by atoms with van der Waals surface area (Å²) in [4.78, 5) is 18.9. The molecule has 0 aliphatic heterocycles. The van der Waals surface area contributed by atoms with Crippen molar-refractivity contribution in [1.82, 2.24) is 30.1 Å². The minimum atomic E-state index is -0.175. The Labute approximate surface area is 167 Å². The highest BCUT2D eigenvalue weighted by atomic mass is 16.5. The van der Waals surface area contributed by atoms with E-state index in [0.717, 1.165) is 5.69 Å². The number of anilines is 1. The van der Waals surface area contributed by atoms with Crippen LogP contribution in [0.25, 0.3) is 17.1 Å². The van der Waals surface area contributed by atoms with Gasteiger partial charge in [0.15, 0.2) is 17.3 Å². The molecule has 9 heteroatoms. The molecule has 0 radical (unpaired) electrons. The summed E-state index contributed by atoms with van der Waals surface area (Å²) < 4.78 is 7.14. The third-order valence-corrected chi connectivity index (χ3v) is 4.55. The molecule has 9 nitrogen and oxygen atoms in total. The summed E-state index contributed by atoms with van der Waals surface area (Å²) in [6.07, 6.45) is 2.52. The monoisotopic (exact) mass is 391 g/mol. The summed E-state index contributed by atoms with van der Waals surface area (Å²) in [7, 11) is 3.87. The van der Waals surface area contributed by atoms with Crippen LogP contribution < -0.4 is 10.2 Å². The van der Waals surface area contributed by atoms with E-state index >= 15 is 0 Å². The summed E-state index contributed by atoms with van der Waals surface area (Å²) >= 11 is 0. The molecule has 0 spiro atoms. The van der Waals surface area contributed by atoms with E-state index in [0.29, 0.717) is 40.7 Å². The van der Waals surface area contributed by atoms with Gasteiger partial charge in [0, 0.05) is 38.0 Å². The van der Waals surface area contributed by atoms with E-state index in [1.165, 1.54) is 0 Å². The first-order chi connectivity index (χ1) is 14.1. The SMILES string of the molecule is CCc1noc(-c2cccn3c(CNC(=O)c4cccc(N(C)C)c4)nnc23)n1. The van der Waals surface area contributed by atoms with Crippen molar-refractivity contribution < 1.29 is 9.32 Å². The molecule has 0 saturated carbocycles. The second-order valence-corrected chi connectivity index (χ2v) is 6.73. The topological polar surface area (TPSA) is 101 Å². The predicted octanol–water partition coefficient (Wildman–Crippen LogP) is 2.34. The van der Waals surface area contributed by atoms with Gasteiger partial charge >= 0.3 is 0 Å². The third-order valence-electron chi connectivity index (χ3n) is 4.55. The highest BCUT2D eigenvalue weighted by Crippen LogP contribution is 2.22. The van der Waals surface area contributed by atoms with Crippen molar-refractivity contribution in [3.05, 3.63) is 59.8 Å². The van der Waals surface area contributed by atoms with E-state index in [4.69, 9.17) is 4.52 Å². The van der Waals surface area contributed by atoms with Gasteiger partial charge in [-0.1, -0.05) is 18.1 Å². The lowest BCUT2D eigenvalue weighted by molar-refractivity contribution is 0.0950. The largest absolute Gasteiger partial charge is 0.378 e. The molecule has 1 amide bonds. The second-order valence-electron chi connectivity index (χ2n) is 6.73. The smallest absolute Gasteiger partial charge is 0.261 e. The molecule has 148 valence electrons. The van der Waals surface area contributed by atoms with Crippen LogP contribution in [0.2, 0.25) is 0 Å². The molecule has 0 aliphatic rings. The Bertz CT molecular complexity index is 1160. The molecule has 1 aromatic carbocycles. The second kappa shape index (κ2) is 7.70. The molecule has 0 unspecified atom stereocenters. The number of benzene rings is 1. The van der Waals surface area contributed by atoms with E-state index in [2.05, 4.69) is 25.7 Å². The van der Waals surface area contributed by atoms with Gasteiger partial charge in [0.1, 0.15) is 0 Å². The summed E-state index contributed by atoms with van der Waals surface area (Å²) in [5, 5.41) is 15.3. The number of hydrogen-bond acceptors (Lipinski definition) is 7. The number of nitrogens with one attached hydrogen (secondary N) is 1. The zero-order valence-corrected chi connectivity index (χ0v) is 16.5. The fraction of sp³-hybridized carbons (Fsp3) is 0.250. The molecular weight excluding hydrogens is 370 g/mol. The van der Waals surface area contributed by atoms with Crippen LogP contribution in [-0.2, 0) is 13.0 Å². The Hall–Kier alpha value is -3.75. The van der Waals surface area contributed by atoms with Gasteiger partial charge in [0.25, 0.3) is 11.8 Å². The maximum atomic E-state index is 12.6. The predicted molar refractivity (Wildman–Crippen MR) is 108 cm³/mol. The molecule has 3 aromatic heterocycles. The standard InChI is InChI=1S/C20H21N7O2/c1-4-16-22-20(29-25-16)15-9-6-10-27-17(23-24-18(15)27)12-21-19(28)13-7-5-8-14(11-13)26(2)3/h5-11H,4,12H2,1-3H3,(H,21,28). The number of hydrogen-bond donors (Lipinski definition) is 1. The van der Waals surface area contributed by atoms with E-state index in [-0.39, 0.29) is 12.5 Å². The number of aromatic nitrogens is 5. The molecule has 0 saturated heterocycles. The number of pyridine rings is 1. The van der Waals surface area contributed by atoms with Crippen molar-refractivity contribution in [2.75, 3.05) is 19.0 Å². The quantitative estimate of drug-likeness (QED) is 0.538. The van der Waals surface area contributed by atoms with Crippen molar-refractivity contribution in [1.29, 1.82) is 0 Å². The van der Waals surface area contributed by atoms with E-state index in [1.54, 1.807) is 6.07 Å². The molecular formula is C20H21N7O2. The normalized spacial score (nSPS) is 11.0. The Balaban J connectivity index is 1.55. The van der Waals surface area contributed by atoms with E-state index in [9.17, 15) is 4.79 Å². The lowest BCUT2D eigenvalue weighted by atomic mass is 10.2. The van der Waals surface area contributed by atoms with Crippen molar-refractivity contribution in [3.8, 4) is 11.5 Å². The minimum Gasteiger partial charge on any atom is -0.378 e. The molecule has 29 heavy (non-hydrogen) atoms. The van der Waals surface area contributed by atoms with Crippen molar-refractivity contribution in [3.63, 3.8) is 0 Å². The fourth-order valence-corrected chi connectivity index (χ4v) is 2.94. The Morgan fingerprint density at radius 1 is 1.21 bits per heavy atom. The van der Waals surface area contributed by atoms with Crippen LogP contribution in [-0.4, -0.2) is 44.7 Å². The van der Waals surface area contributed by atoms with Crippen LogP contribution in [0, 0.1) is 0 Å². The molecule has 0 aliphatic carbocycles. The van der Waals surface area contributed by atoms with E-state index in [1.807, 2.05) is 66.8 Å². The Morgan fingerprint density at radius 2 is 2.07 bits per heavy atom. The number of rotatable bonds is 6. The van der Waals surface area contributed by atoms with Crippen molar-refractivity contribution in [2.45, 2.75) is 19.9 Å². The lowest BCUT2D eigenvalue weighted by Crippen LogP contribution is -2.24. The first-order valence-corrected chi connectivity index (χ1v) is 9.28. The summed E-state index contributed by atoms with van der Waals surface area (Å²) in [6, 6.07) is 11.1. The van der Waals surface area contributed by atoms with Crippen LogP contribution in [0.5, 0.6) is 0 Å². The Kier molecular flexibility index (Phi) is 4.94. The molecule has 4 rings (SSSR count). The van der Waals surface area contributed by atoms with Crippen LogP contribution in [0.4, 0.5) is 5.69 Å². The van der Waals surface area contributed by atoms with Gasteiger partial charge in [-0.2, -0.15) is 4.98 Å². The maximum Gasteiger partial charge on any atom is 0.261 e. The Morgan fingerprint density at radius 3 is 2.83 bits per heavy atom. The van der Waals surface area contributed by atoms with Gasteiger partial charge in [-0.05, 0) is 30.3 Å². The average Bonchev–Trinajstić information content (AvgIpc) is 3.39. The fourth-order valence-electron chi connectivity index (χ4n) is 2.94. The first kappa shape index (κ1) is 18.6. The van der Waals surface area contributed by atoms with Gasteiger partial charge in [0.05, 0.1) is 12.1 Å². The van der Waals surface area contributed by atoms with Crippen LogP contribution in [0.1, 0.15) is 28.9 Å². The molecule has 3 heterocycles. The van der Waals surface area contributed by atoms with E-state index < -0.39 is 0 Å². The molecule has 0 bridgehead atoms. The van der Waals surface area contributed by atoms with Gasteiger partial charge in [0.2, 0.25) is 0 Å². The van der Waals surface area contributed by atoms with Crippen LogP contribution in [0.15, 0.2) is 47.1 Å². The molecule has 1 N–H and O–H groups in total. The van der Waals surface area contributed by atoms with Gasteiger partial charge in [-0.25, -0.2) is 0 Å². The molecule has 4 aromatic rings. The van der Waals surface area contributed by atoms with Gasteiger partial charge in [-0.15, -0.1) is 10.2 Å². The van der Waals surface area contributed by atoms with Crippen molar-refractivity contribution >= 4 is 17.2 Å². The third kappa shape index (κ3) is 3.66. The number of nitrogens with zero attached hydrogens (tertiary/aromatic N) is 6. The lowest BCUT2D eigenvalue weighted by Gasteiger charge is -2.13. The van der Waals surface area contributed by atoms with Crippen LogP contribution in [0.3, 0.4) is 0 Å². The number of carbonyl (C=O) groups excluding carboxylic acids is 1. The zero-order valence-electron chi connectivity index (χ0n) is 16.5. The number of fused-ring (bicyclic) bond motifs is 1. The van der Waals surface area contributed by atoms with Gasteiger partial charge in [-0.3, -0.25) is 9.20 Å². The first-order valence-electron chi connectivity index (χ1n) is 9.28. The van der Waals surface area contributed by atoms with Crippen LogP contribution >= 0.6 is 0 Å². The molecule has 0 atom stereocenters. The van der Waals surface area contributed by atoms with Crippen molar-refractivity contribution in [2.24, 2.45) is 0 Å². The summed E-state index contributed by atoms with van der Waals surface area (Å²) in [5.41, 5.74) is 2.84. The average molecular weight is 391 g/mol. The highest BCUT2D eigenvalue weighted by molar-refractivity contribution is 5.95. The molecule has 0 fully saturated rings. The number of carbonyl (C=O) groups is 1. The maximum absolute atomic E-state index is 12.6. The zero-order chi connectivity index (χ0) is 20.4. The number of aryl methyl sites for hydroxylation is 1. The van der Waals surface area contributed by atoms with Gasteiger partial charge < -0.3 is 14.7 Å². The minimum absolute atomic E-state index is 0.175. The summed E-state index contributed by atoms with van der Waals surface area (Å²) in [6.45, 7) is 2.20.